The van der Waals surface area contributed by atoms with E-state index in [0.29, 0.717) is 19.0 Å². The van der Waals surface area contributed by atoms with E-state index in [-0.39, 0.29) is 17.6 Å². The average Bonchev–Trinajstić information content (AvgIpc) is 2.44. The Labute approximate surface area is 135 Å². The quantitative estimate of drug-likeness (QED) is 0.773. The zero-order chi connectivity index (χ0) is 15.6. The van der Waals surface area contributed by atoms with Gasteiger partial charge < -0.3 is 9.64 Å². The highest BCUT2D eigenvalue weighted by molar-refractivity contribution is 9.09. The number of morpholine rings is 1. The smallest absolute Gasteiger partial charge is 0.254 e. The summed E-state index contributed by atoms with van der Waals surface area (Å²) in [5, 5.41) is 0.743. The molecule has 2 rings (SSSR count). The number of rotatable bonds is 3. The molecule has 1 aliphatic rings. The van der Waals surface area contributed by atoms with Crippen LogP contribution < -0.4 is 0 Å². The third kappa shape index (κ3) is 4.07. The van der Waals surface area contributed by atoms with Crippen LogP contribution in [0.15, 0.2) is 24.3 Å². The van der Waals surface area contributed by atoms with Crippen molar-refractivity contribution in [2.24, 2.45) is 0 Å². The molecule has 1 saturated heterocycles. The van der Waals surface area contributed by atoms with Crippen molar-refractivity contribution in [3.05, 3.63) is 35.4 Å². The number of alkyl halides is 1. The Bertz CT molecular complexity index is 496. The first kappa shape index (κ1) is 16.5. The van der Waals surface area contributed by atoms with Gasteiger partial charge in [-0.05, 0) is 37.5 Å². The lowest BCUT2D eigenvalue weighted by molar-refractivity contribution is -0.116. The van der Waals surface area contributed by atoms with Crippen molar-refractivity contribution in [1.29, 1.82) is 0 Å². The number of hydrogen-bond donors (Lipinski definition) is 0. The number of amides is 1. The Morgan fingerprint density at radius 1 is 1.38 bits per heavy atom. The number of carbonyl (C=O) groups excluding carboxylic acids is 1. The van der Waals surface area contributed by atoms with E-state index in [9.17, 15) is 4.79 Å². The molecule has 0 radical (unpaired) electrons. The highest BCUT2D eigenvalue weighted by Gasteiger charge is 2.35. The molecule has 0 aliphatic carbocycles. The van der Waals surface area contributed by atoms with E-state index in [0.717, 1.165) is 10.9 Å². The maximum absolute atomic E-state index is 12.7. The van der Waals surface area contributed by atoms with Gasteiger partial charge in [-0.2, -0.15) is 0 Å². The van der Waals surface area contributed by atoms with Gasteiger partial charge in [-0.15, -0.1) is 0 Å². The van der Waals surface area contributed by atoms with Crippen LogP contribution in [0.3, 0.4) is 0 Å². The molecule has 0 N–H and O–H groups in total. The second kappa shape index (κ2) is 6.49. The topological polar surface area (TPSA) is 29.5 Å². The van der Waals surface area contributed by atoms with Crippen LogP contribution in [0.5, 0.6) is 0 Å². The van der Waals surface area contributed by atoms with Crippen LogP contribution in [-0.4, -0.2) is 40.9 Å². The number of carbonyl (C=O) groups is 1. The van der Waals surface area contributed by atoms with Crippen LogP contribution in [0, 0.1) is 0 Å². The van der Waals surface area contributed by atoms with Crippen molar-refractivity contribution in [3.63, 3.8) is 0 Å². The van der Waals surface area contributed by atoms with Gasteiger partial charge in [0.15, 0.2) is 0 Å². The minimum absolute atomic E-state index is 0.0487. The van der Waals surface area contributed by atoms with Crippen LogP contribution in [-0.2, 0) is 4.74 Å². The van der Waals surface area contributed by atoms with Crippen molar-refractivity contribution < 1.29 is 9.53 Å². The normalized spacial score (nSPS) is 21.6. The first-order valence-corrected chi connectivity index (χ1v) is 8.57. The van der Waals surface area contributed by atoms with Crippen LogP contribution in [0.25, 0.3) is 0 Å². The molecular weight excluding hydrogens is 330 g/mol. The Morgan fingerprint density at radius 2 is 2.00 bits per heavy atom. The van der Waals surface area contributed by atoms with Crippen molar-refractivity contribution in [2.45, 2.75) is 45.3 Å². The van der Waals surface area contributed by atoms with Gasteiger partial charge >= 0.3 is 0 Å². The lowest BCUT2D eigenvalue weighted by Crippen LogP contribution is -2.55. The average molecular weight is 354 g/mol. The molecule has 0 saturated carbocycles. The number of hydrogen-bond acceptors (Lipinski definition) is 2. The summed E-state index contributed by atoms with van der Waals surface area (Å²) in [5.41, 5.74) is 1.71. The van der Waals surface area contributed by atoms with Crippen LogP contribution >= 0.6 is 15.9 Å². The monoisotopic (exact) mass is 353 g/mol. The number of halogens is 1. The zero-order valence-electron chi connectivity index (χ0n) is 13.2. The van der Waals surface area contributed by atoms with E-state index >= 15 is 0 Å². The molecule has 1 unspecified atom stereocenters. The van der Waals surface area contributed by atoms with Gasteiger partial charge in [-0.1, -0.05) is 41.9 Å². The second-order valence-electron chi connectivity index (χ2n) is 6.62. The summed E-state index contributed by atoms with van der Waals surface area (Å²) in [6.45, 7) is 9.64. The summed E-state index contributed by atoms with van der Waals surface area (Å²) in [7, 11) is 0. The molecule has 1 fully saturated rings. The highest BCUT2D eigenvalue weighted by Crippen LogP contribution is 2.24. The largest absolute Gasteiger partial charge is 0.368 e. The Morgan fingerprint density at radius 3 is 2.52 bits per heavy atom. The summed E-state index contributed by atoms with van der Waals surface area (Å²) >= 11 is 3.46. The lowest BCUT2D eigenvalue weighted by Gasteiger charge is -2.42. The fraction of sp³-hybridized carbons (Fsp3) is 0.588. The van der Waals surface area contributed by atoms with Crippen molar-refractivity contribution in [1.82, 2.24) is 4.90 Å². The molecule has 4 heteroatoms. The number of nitrogens with zero attached hydrogens (tertiary/aromatic N) is 1. The SMILES string of the molecule is CC(C)c1ccc(C(=O)N2CC(CBr)OC(C)(C)C2)cc1. The highest BCUT2D eigenvalue weighted by atomic mass is 79.9. The second-order valence-corrected chi connectivity index (χ2v) is 7.26. The Hall–Kier alpha value is -0.870. The van der Waals surface area contributed by atoms with E-state index in [4.69, 9.17) is 4.74 Å². The molecule has 0 bridgehead atoms. The molecule has 116 valence electrons. The third-order valence-electron chi connectivity index (χ3n) is 3.76. The molecule has 1 aromatic carbocycles. The maximum Gasteiger partial charge on any atom is 0.254 e. The molecule has 0 spiro atoms. The van der Waals surface area contributed by atoms with E-state index in [1.54, 1.807) is 0 Å². The number of benzene rings is 1. The molecule has 1 aliphatic heterocycles. The molecule has 1 aromatic rings. The van der Waals surface area contributed by atoms with E-state index < -0.39 is 0 Å². The van der Waals surface area contributed by atoms with E-state index in [2.05, 4.69) is 29.8 Å². The van der Waals surface area contributed by atoms with Gasteiger partial charge in [0.25, 0.3) is 5.91 Å². The number of ether oxygens (including phenoxy) is 1. The summed E-state index contributed by atoms with van der Waals surface area (Å²) in [6, 6.07) is 7.96. The molecule has 0 aromatic heterocycles. The first-order chi connectivity index (χ1) is 9.82. The summed E-state index contributed by atoms with van der Waals surface area (Å²) < 4.78 is 5.95. The van der Waals surface area contributed by atoms with Gasteiger partial charge in [0.1, 0.15) is 0 Å². The van der Waals surface area contributed by atoms with Crippen LogP contribution in [0.1, 0.15) is 49.5 Å². The van der Waals surface area contributed by atoms with Crippen molar-refractivity contribution >= 4 is 21.8 Å². The third-order valence-corrected chi connectivity index (χ3v) is 4.49. The fourth-order valence-electron chi connectivity index (χ4n) is 2.72. The predicted molar refractivity (Wildman–Crippen MR) is 89.2 cm³/mol. The standard InChI is InChI=1S/C17H24BrNO2/c1-12(2)13-5-7-14(8-6-13)16(20)19-10-15(9-18)21-17(3,4)11-19/h5-8,12,15H,9-11H2,1-4H3. The molecule has 21 heavy (non-hydrogen) atoms. The van der Waals surface area contributed by atoms with Gasteiger partial charge in [0.05, 0.1) is 11.7 Å². The first-order valence-electron chi connectivity index (χ1n) is 7.45. The molecule has 1 heterocycles. The van der Waals surface area contributed by atoms with Crippen molar-refractivity contribution in [2.75, 3.05) is 18.4 Å². The lowest BCUT2D eigenvalue weighted by atomic mass is 10.0. The summed E-state index contributed by atoms with van der Waals surface area (Å²) in [6.07, 6.45) is 0.0487. The fourth-order valence-corrected chi connectivity index (χ4v) is 3.06. The summed E-state index contributed by atoms with van der Waals surface area (Å²) in [4.78, 5) is 14.6. The maximum atomic E-state index is 12.7. The zero-order valence-corrected chi connectivity index (χ0v) is 14.8. The van der Waals surface area contributed by atoms with Gasteiger partial charge in [-0.25, -0.2) is 0 Å². The van der Waals surface area contributed by atoms with Gasteiger partial charge in [0, 0.05) is 24.0 Å². The van der Waals surface area contributed by atoms with E-state index in [1.165, 1.54) is 5.56 Å². The van der Waals surface area contributed by atoms with E-state index in [1.807, 2.05) is 43.0 Å². The minimum atomic E-state index is -0.301. The molecular formula is C17H24BrNO2. The summed E-state index contributed by atoms with van der Waals surface area (Å²) in [5.74, 6) is 0.571. The molecule has 3 nitrogen and oxygen atoms in total. The predicted octanol–water partition coefficient (Wildman–Crippen LogP) is 3.82. The Kier molecular flexibility index (Phi) is 5.10. The Balaban J connectivity index is 2.14. The van der Waals surface area contributed by atoms with Gasteiger partial charge in [0.2, 0.25) is 0 Å². The minimum Gasteiger partial charge on any atom is -0.368 e. The molecule has 1 atom stereocenters. The molecule has 1 amide bonds. The van der Waals surface area contributed by atoms with Crippen LogP contribution in [0.4, 0.5) is 0 Å². The van der Waals surface area contributed by atoms with Crippen molar-refractivity contribution in [3.8, 4) is 0 Å². The van der Waals surface area contributed by atoms with Crippen LogP contribution in [0.2, 0.25) is 0 Å². The van der Waals surface area contributed by atoms with Gasteiger partial charge in [-0.3, -0.25) is 4.79 Å².